The Hall–Kier alpha value is -0.960. The fourth-order valence-corrected chi connectivity index (χ4v) is 3.28. The van der Waals surface area contributed by atoms with Gasteiger partial charge in [0.15, 0.2) is 0 Å². The monoisotopic (exact) mass is 290 g/mol. The number of sulfonamides is 1. The Labute approximate surface area is 114 Å². The van der Waals surface area contributed by atoms with Crippen molar-refractivity contribution >= 4 is 10.0 Å². The summed E-state index contributed by atoms with van der Waals surface area (Å²) in [6, 6.07) is -0.141. The van der Waals surface area contributed by atoms with Crippen LogP contribution in [0.4, 0.5) is 0 Å². The molecule has 0 atom stereocenters. The number of hydrogen-bond acceptors (Lipinski definition) is 5. The zero-order chi connectivity index (χ0) is 14.5. The third kappa shape index (κ3) is 4.00. The van der Waals surface area contributed by atoms with Crippen molar-refractivity contribution in [2.24, 2.45) is 5.73 Å². The number of nitrogens with two attached hydrogens (primary N) is 1. The number of rotatable bonds is 8. The maximum atomic E-state index is 12.5. The average molecular weight is 290 g/mol. The van der Waals surface area contributed by atoms with Crippen LogP contribution in [0, 0.1) is 0 Å². The Morgan fingerprint density at radius 1 is 1.53 bits per heavy atom. The van der Waals surface area contributed by atoms with E-state index in [4.69, 9.17) is 10.5 Å². The van der Waals surface area contributed by atoms with Crippen LogP contribution in [-0.4, -0.2) is 55.4 Å². The quantitative estimate of drug-likeness (QED) is 0.721. The average Bonchev–Trinajstić information content (AvgIpc) is 2.78. The summed E-state index contributed by atoms with van der Waals surface area (Å²) in [6.45, 7) is 5.25. The van der Waals surface area contributed by atoms with Crippen LogP contribution in [0.5, 0.6) is 0 Å². The van der Waals surface area contributed by atoms with Gasteiger partial charge in [-0.3, -0.25) is 4.68 Å². The van der Waals surface area contributed by atoms with Crippen molar-refractivity contribution in [3.05, 3.63) is 12.4 Å². The largest absolute Gasteiger partial charge is 0.383 e. The summed E-state index contributed by atoms with van der Waals surface area (Å²) in [7, 11) is -1.99. The molecule has 1 aromatic heterocycles. The van der Waals surface area contributed by atoms with E-state index in [9.17, 15) is 8.42 Å². The molecule has 0 aliphatic heterocycles. The van der Waals surface area contributed by atoms with Gasteiger partial charge in [0.05, 0.1) is 19.3 Å². The van der Waals surface area contributed by atoms with Gasteiger partial charge in [-0.25, -0.2) is 8.42 Å². The van der Waals surface area contributed by atoms with E-state index >= 15 is 0 Å². The first-order valence-electron chi connectivity index (χ1n) is 6.16. The Kier molecular flexibility index (Phi) is 5.92. The number of hydrogen-bond donors (Lipinski definition) is 1. The van der Waals surface area contributed by atoms with Gasteiger partial charge in [0.25, 0.3) is 0 Å². The Bertz CT molecular complexity index is 484. The number of aromatic nitrogens is 2. The molecule has 2 N–H and O–H groups in total. The van der Waals surface area contributed by atoms with Crippen LogP contribution in [0.3, 0.4) is 0 Å². The van der Waals surface area contributed by atoms with Crippen LogP contribution >= 0.6 is 0 Å². The lowest BCUT2D eigenvalue weighted by molar-refractivity contribution is 0.171. The molecule has 0 unspecified atom stereocenters. The van der Waals surface area contributed by atoms with Gasteiger partial charge in [-0.15, -0.1) is 0 Å². The smallest absolute Gasteiger partial charge is 0.246 e. The molecule has 0 amide bonds. The van der Waals surface area contributed by atoms with Gasteiger partial charge in [-0.2, -0.15) is 9.40 Å². The van der Waals surface area contributed by atoms with Crippen molar-refractivity contribution in [2.45, 2.75) is 31.3 Å². The third-order valence-corrected chi connectivity index (χ3v) is 4.69. The van der Waals surface area contributed by atoms with Gasteiger partial charge in [0.1, 0.15) is 4.90 Å². The molecule has 110 valence electrons. The molecular formula is C11H22N4O3S. The van der Waals surface area contributed by atoms with Gasteiger partial charge in [-0.05, 0) is 13.8 Å². The van der Waals surface area contributed by atoms with Crippen LogP contribution in [0.2, 0.25) is 0 Å². The molecule has 1 rings (SSSR count). The zero-order valence-electron chi connectivity index (χ0n) is 11.6. The van der Waals surface area contributed by atoms with Crippen LogP contribution in [0.1, 0.15) is 13.8 Å². The highest BCUT2D eigenvalue weighted by atomic mass is 32.2. The predicted molar refractivity (Wildman–Crippen MR) is 72.2 cm³/mol. The predicted octanol–water partition coefficient (Wildman–Crippen LogP) is -0.113. The lowest BCUT2D eigenvalue weighted by Gasteiger charge is -2.24. The van der Waals surface area contributed by atoms with Gasteiger partial charge in [-0.1, -0.05) is 0 Å². The van der Waals surface area contributed by atoms with E-state index in [2.05, 4.69) is 5.10 Å². The van der Waals surface area contributed by atoms with Crippen LogP contribution in [0.25, 0.3) is 0 Å². The molecule has 7 nitrogen and oxygen atoms in total. The first-order chi connectivity index (χ1) is 8.93. The van der Waals surface area contributed by atoms with E-state index in [1.54, 1.807) is 7.11 Å². The SMILES string of the molecule is COCCN(C(C)C)S(=O)(=O)c1cnn(CCN)c1. The second kappa shape index (κ2) is 6.99. The molecule has 19 heavy (non-hydrogen) atoms. The Morgan fingerprint density at radius 2 is 2.21 bits per heavy atom. The van der Waals surface area contributed by atoms with E-state index in [0.717, 1.165) is 0 Å². The fraction of sp³-hybridized carbons (Fsp3) is 0.727. The summed E-state index contributed by atoms with van der Waals surface area (Å²) in [5.41, 5.74) is 5.42. The molecule has 8 heteroatoms. The highest BCUT2D eigenvalue weighted by Gasteiger charge is 2.27. The number of ether oxygens (including phenoxy) is 1. The lowest BCUT2D eigenvalue weighted by Crippen LogP contribution is -2.39. The molecule has 1 heterocycles. The summed E-state index contributed by atoms with van der Waals surface area (Å²) in [5, 5.41) is 3.99. The lowest BCUT2D eigenvalue weighted by atomic mass is 10.4. The van der Waals surface area contributed by atoms with Crippen LogP contribution < -0.4 is 5.73 Å². The summed E-state index contributed by atoms with van der Waals surface area (Å²) >= 11 is 0. The van der Waals surface area contributed by atoms with E-state index in [1.807, 2.05) is 13.8 Å². The van der Waals surface area contributed by atoms with Crippen molar-refractivity contribution < 1.29 is 13.2 Å². The summed E-state index contributed by atoms with van der Waals surface area (Å²) in [5.74, 6) is 0. The Balaban J connectivity index is 2.97. The molecular weight excluding hydrogens is 268 g/mol. The summed E-state index contributed by atoms with van der Waals surface area (Å²) < 4.78 is 32.9. The molecule has 0 fully saturated rings. The minimum absolute atomic E-state index is 0.141. The zero-order valence-corrected chi connectivity index (χ0v) is 12.4. The minimum atomic E-state index is -3.54. The molecule has 0 saturated carbocycles. The van der Waals surface area contributed by atoms with Crippen LogP contribution in [-0.2, 0) is 21.3 Å². The van der Waals surface area contributed by atoms with Crippen molar-refractivity contribution in [1.29, 1.82) is 0 Å². The second-order valence-electron chi connectivity index (χ2n) is 4.43. The van der Waals surface area contributed by atoms with Crippen molar-refractivity contribution in [3.63, 3.8) is 0 Å². The van der Waals surface area contributed by atoms with Crippen molar-refractivity contribution in [1.82, 2.24) is 14.1 Å². The summed E-state index contributed by atoms with van der Waals surface area (Å²) in [6.07, 6.45) is 2.86. The normalized spacial score (nSPS) is 12.5. The van der Waals surface area contributed by atoms with Crippen molar-refractivity contribution in [3.8, 4) is 0 Å². The molecule has 0 spiro atoms. The molecule has 0 saturated heterocycles. The van der Waals surface area contributed by atoms with E-state index in [-0.39, 0.29) is 10.9 Å². The molecule has 0 aromatic carbocycles. The number of nitrogens with zero attached hydrogens (tertiary/aromatic N) is 3. The standard InChI is InChI=1S/C11H22N4O3S/c1-10(2)15(6-7-18-3)19(16,17)11-8-13-14(9-11)5-4-12/h8-10H,4-7,12H2,1-3H3. The molecule has 0 aliphatic rings. The van der Waals surface area contributed by atoms with Gasteiger partial charge < -0.3 is 10.5 Å². The molecule has 1 aromatic rings. The Morgan fingerprint density at radius 3 is 2.74 bits per heavy atom. The molecule has 0 radical (unpaired) electrons. The summed E-state index contributed by atoms with van der Waals surface area (Å²) in [4.78, 5) is 0.186. The fourth-order valence-electron chi connectivity index (χ4n) is 1.70. The third-order valence-electron chi connectivity index (χ3n) is 2.67. The highest BCUT2D eigenvalue weighted by Crippen LogP contribution is 2.17. The minimum Gasteiger partial charge on any atom is -0.383 e. The van der Waals surface area contributed by atoms with E-state index in [1.165, 1.54) is 21.4 Å². The van der Waals surface area contributed by atoms with Gasteiger partial charge in [0.2, 0.25) is 10.0 Å². The maximum absolute atomic E-state index is 12.5. The van der Waals surface area contributed by atoms with E-state index < -0.39 is 10.0 Å². The molecule has 0 aliphatic carbocycles. The maximum Gasteiger partial charge on any atom is 0.246 e. The highest BCUT2D eigenvalue weighted by molar-refractivity contribution is 7.89. The first kappa shape index (κ1) is 16.1. The topological polar surface area (TPSA) is 90.5 Å². The van der Waals surface area contributed by atoms with E-state index in [0.29, 0.717) is 26.2 Å². The van der Waals surface area contributed by atoms with Gasteiger partial charge in [0, 0.05) is 32.4 Å². The van der Waals surface area contributed by atoms with Gasteiger partial charge >= 0.3 is 0 Å². The first-order valence-corrected chi connectivity index (χ1v) is 7.60. The second-order valence-corrected chi connectivity index (χ2v) is 6.32. The number of methoxy groups -OCH3 is 1. The molecule has 0 bridgehead atoms. The van der Waals surface area contributed by atoms with Crippen LogP contribution in [0.15, 0.2) is 17.3 Å². The van der Waals surface area contributed by atoms with Crippen molar-refractivity contribution in [2.75, 3.05) is 26.8 Å².